The molecule has 0 aliphatic rings. The molecule has 1 aromatic rings. The van der Waals surface area contributed by atoms with E-state index in [1.807, 2.05) is 18.2 Å². The average molecular weight is 134 g/mol. The van der Waals surface area contributed by atoms with E-state index in [-0.39, 0.29) is 0 Å². The van der Waals surface area contributed by atoms with Crippen LogP contribution < -0.4 is 5.73 Å². The van der Waals surface area contributed by atoms with Gasteiger partial charge in [-0.3, -0.25) is 0 Å². The van der Waals surface area contributed by atoms with Crippen molar-refractivity contribution in [3.63, 3.8) is 0 Å². The third-order valence-electron chi connectivity index (χ3n) is 1.53. The Morgan fingerprint density at radius 1 is 1.30 bits per heavy atom. The fraction of sp³-hybridized carbons (Fsp3) is 0.222. The second-order valence-electron chi connectivity index (χ2n) is 2.31. The summed E-state index contributed by atoms with van der Waals surface area (Å²) >= 11 is 0. The lowest BCUT2D eigenvalue weighted by molar-refractivity contribution is 0.964. The van der Waals surface area contributed by atoms with Gasteiger partial charge >= 0.3 is 0 Å². The van der Waals surface area contributed by atoms with Gasteiger partial charge in [-0.2, -0.15) is 0 Å². The molecule has 0 atom stereocenters. The molecule has 0 aliphatic heterocycles. The van der Waals surface area contributed by atoms with Gasteiger partial charge in [-0.1, -0.05) is 24.3 Å². The Labute approximate surface area is 61.9 Å². The first-order chi connectivity index (χ1) is 4.84. The van der Waals surface area contributed by atoms with Gasteiger partial charge in [-0.05, 0) is 31.0 Å². The van der Waals surface area contributed by atoms with Crippen LogP contribution in [0.5, 0.6) is 0 Å². The maximum atomic E-state index is 5.40. The highest BCUT2D eigenvalue weighted by Crippen LogP contribution is 2.05. The van der Waals surface area contributed by atoms with Crippen LogP contribution in [0.2, 0.25) is 0 Å². The molecule has 53 valence electrons. The minimum absolute atomic E-state index is 0.701. The molecule has 2 N–H and O–H groups in total. The summed E-state index contributed by atoms with van der Waals surface area (Å²) in [5.41, 5.74) is 7.75. The van der Waals surface area contributed by atoms with E-state index in [2.05, 4.69) is 13.0 Å². The van der Waals surface area contributed by atoms with E-state index in [0.29, 0.717) is 6.54 Å². The monoisotopic (exact) mass is 134 g/mol. The summed E-state index contributed by atoms with van der Waals surface area (Å²) in [5.74, 6) is 0. The minimum Gasteiger partial charge on any atom is -0.330 e. The van der Waals surface area contributed by atoms with Gasteiger partial charge in [0, 0.05) is 0 Å². The molecule has 0 amide bonds. The number of hydrogen-bond acceptors (Lipinski definition) is 1. The molecular formula is C9H12N. The Hall–Kier alpha value is -0.820. The SMILES string of the molecule is [CH2]c1ccccc1CCN. The lowest BCUT2D eigenvalue weighted by Crippen LogP contribution is -2.03. The number of rotatable bonds is 2. The molecule has 1 aromatic carbocycles. The fourth-order valence-electron chi connectivity index (χ4n) is 0.957. The van der Waals surface area contributed by atoms with Crippen molar-refractivity contribution in [2.75, 3.05) is 6.54 Å². The Morgan fingerprint density at radius 2 is 2.00 bits per heavy atom. The predicted molar refractivity (Wildman–Crippen MR) is 43.7 cm³/mol. The van der Waals surface area contributed by atoms with Crippen LogP contribution in [0.4, 0.5) is 0 Å². The van der Waals surface area contributed by atoms with E-state index >= 15 is 0 Å². The highest BCUT2D eigenvalue weighted by molar-refractivity contribution is 5.29. The topological polar surface area (TPSA) is 26.0 Å². The maximum Gasteiger partial charge on any atom is -0.00366 e. The molecule has 0 bridgehead atoms. The molecule has 0 fully saturated rings. The third-order valence-corrected chi connectivity index (χ3v) is 1.53. The summed E-state index contributed by atoms with van der Waals surface area (Å²) in [6.45, 7) is 4.58. The van der Waals surface area contributed by atoms with Crippen LogP contribution in [0, 0.1) is 6.92 Å². The van der Waals surface area contributed by atoms with E-state index in [1.165, 1.54) is 5.56 Å². The molecule has 0 unspecified atom stereocenters. The highest BCUT2D eigenvalue weighted by Gasteiger charge is 1.92. The van der Waals surface area contributed by atoms with Crippen molar-refractivity contribution in [3.05, 3.63) is 42.3 Å². The highest BCUT2D eigenvalue weighted by atomic mass is 14.5. The van der Waals surface area contributed by atoms with Gasteiger partial charge in [-0.25, -0.2) is 0 Å². The molecule has 0 saturated carbocycles. The Morgan fingerprint density at radius 3 is 2.60 bits per heavy atom. The van der Waals surface area contributed by atoms with Crippen molar-refractivity contribution >= 4 is 0 Å². The lowest BCUT2D eigenvalue weighted by Gasteiger charge is -2.00. The van der Waals surface area contributed by atoms with Crippen LogP contribution >= 0.6 is 0 Å². The summed E-state index contributed by atoms with van der Waals surface area (Å²) < 4.78 is 0. The van der Waals surface area contributed by atoms with E-state index < -0.39 is 0 Å². The zero-order chi connectivity index (χ0) is 7.40. The van der Waals surface area contributed by atoms with Gasteiger partial charge in [0.25, 0.3) is 0 Å². The molecule has 1 radical (unpaired) electrons. The third kappa shape index (κ3) is 1.58. The average Bonchev–Trinajstić information content (AvgIpc) is 1.94. The Kier molecular flexibility index (Phi) is 2.46. The quantitative estimate of drug-likeness (QED) is 0.649. The van der Waals surface area contributed by atoms with E-state index in [0.717, 1.165) is 12.0 Å². The van der Waals surface area contributed by atoms with Crippen LogP contribution in [0.15, 0.2) is 24.3 Å². The van der Waals surface area contributed by atoms with Gasteiger partial charge in [0.15, 0.2) is 0 Å². The second kappa shape index (κ2) is 3.37. The van der Waals surface area contributed by atoms with Crippen molar-refractivity contribution in [2.45, 2.75) is 6.42 Å². The number of benzene rings is 1. The minimum atomic E-state index is 0.701. The summed E-state index contributed by atoms with van der Waals surface area (Å²) in [6, 6.07) is 8.07. The fourth-order valence-corrected chi connectivity index (χ4v) is 0.957. The van der Waals surface area contributed by atoms with Crippen molar-refractivity contribution < 1.29 is 0 Å². The van der Waals surface area contributed by atoms with Gasteiger partial charge in [-0.15, -0.1) is 0 Å². The number of nitrogens with two attached hydrogens (primary N) is 1. The molecular weight excluding hydrogens is 122 g/mol. The summed E-state index contributed by atoms with van der Waals surface area (Å²) in [7, 11) is 0. The molecule has 10 heavy (non-hydrogen) atoms. The van der Waals surface area contributed by atoms with Crippen LogP contribution in [0.25, 0.3) is 0 Å². The molecule has 0 spiro atoms. The van der Waals surface area contributed by atoms with Crippen LogP contribution in [-0.2, 0) is 6.42 Å². The van der Waals surface area contributed by atoms with Crippen molar-refractivity contribution in [2.24, 2.45) is 5.73 Å². The van der Waals surface area contributed by atoms with E-state index in [9.17, 15) is 0 Å². The lowest BCUT2D eigenvalue weighted by atomic mass is 10.1. The molecule has 0 aliphatic carbocycles. The molecule has 1 nitrogen and oxygen atoms in total. The van der Waals surface area contributed by atoms with Crippen molar-refractivity contribution in [1.29, 1.82) is 0 Å². The van der Waals surface area contributed by atoms with Crippen LogP contribution in [-0.4, -0.2) is 6.54 Å². The zero-order valence-corrected chi connectivity index (χ0v) is 6.01. The van der Waals surface area contributed by atoms with Crippen molar-refractivity contribution in [3.8, 4) is 0 Å². The number of hydrogen-bond donors (Lipinski definition) is 1. The molecule has 1 heteroatoms. The summed E-state index contributed by atoms with van der Waals surface area (Å²) in [6.07, 6.45) is 0.930. The van der Waals surface area contributed by atoms with E-state index in [1.54, 1.807) is 0 Å². The maximum absolute atomic E-state index is 5.40. The summed E-state index contributed by atoms with van der Waals surface area (Å²) in [5, 5.41) is 0. The van der Waals surface area contributed by atoms with Crippen LogP contribution in [0.3, 0.4) is 0 Å². The van der Waals surface area contributed by atoms with Gasteiger partial charge in [0.1, 0.15) is 0 Å². The normalized spacial score (nSPS) is 9.80. The van der Waals surface area contributed by atoms with Crippen molar-refractivity contribution in [1.82, 2.24) is 0 Å². The molecule has 1 rings (SSSR count). The first-order valence-electron chi connectivity index (χ1n) is 3.44. The first kappa shape index (κ1) is 7.29. The summed E-state index contributed by atoms with van der Waals surface area (Å²) in [4.78, 5) is 0. The van der Waals surface area contributed by atoms with Crippen LogP contribution in [0.1, 0.15) is 11.1 Å². The second-order valence-corrected chi connectivity index (χ2v) is 2.31. The zero-order valence-electron chi connectivity index (χ0n) is 6.01. The van der Waals surface area contributed by atoms with Gasteiger partial charge in [0.05, 0.1) is 0 Å². The molecule has 0 saturated heterocycles. The van der Waals surface area contributed by atoms with Gasteiger partial charge in [0.2, 0.25) is 0 Å². The largest absolute Gasteiger partial charge is 0.330 e. The predicted octanol–water partition coefficient (Wildman–Crippen LogP) is 1.37. The molecule has 0 aromatic heterocycles. The first-order valence-corrected chi connectivity index (χ1v) is 3.44. The van der Waals surface area contributed by atoms with E-state index in [4.69, 9.17) is 5.73 Å². The Balaban J connectivity index is 2.81. The Bertz CT molecular complexity index is 206. The smallest absolute Gasteiger partial charge is 0.00366 e. The standard InChI is InChI=1S/C9H12N/c1-8-4-2-3-5-9(8)6-7-10/h2-5H,1,6-7,10H2. The van der Waals surface area contributed by atoms with Gasteiger partial charge < -0.3 is 5.73 Å². The molecule has 0 heterocycles.